The Kier molecular flexibility index (Phi) is 3.94. The number of ether oxygens (including phenoxy) is 1. The molecule has 2 aromatic carbocycles. The summed E-state index contributed by atoms with van der Waals surface area (Å²) in [6.45, 7) is 1.75. The predicted octanol–water partition coefficient (Wildman–Crippen LogP) is 2.94. The molecule has 0 aliphatic carbocycles. The minimum atomic E-state index is -3.82. The SMILES string of the molecule is COc1ccc(S(=O)(=O)Nc2cc(C)ccc2F)cc1. The largest absolute Gasteiger partial charge is 0.497 e. The van der Waals surface area contributed by atoms with Gasteiger partial charge < -0.3 is 4.74 Å². The van der Waals surface area contributed by atoms with E-state index in [1.54, 1.807) is 13.0 Å². The molecule has 0 fully saturated rings. The van der Waals surface area contributed by atoms with Gasteiger partial charge in [0.1, 0.15) is 11.6 Å². The Labute approximate surface area is 117 Å². The van der Waals surface area contributed by atoms with Crippen LogP contribution in [0.3, 0.4) is 0 Å². The normalized spacial score (nSPS) is 11.2. The van der Waals surface area contributed by atoms with Crippen LogP contribution in [0.2, 0.25) is 0 Å². The van der Waals surface area contributed by atoms with Crippen molar-refractivity contribution in [3.63, 3.8) is 0 Å². The number of halogens is 1. The first-order valence-electron chi connectivity index (χ1n) is 5.85. The van der Waals surface area contributed by atoms with Gasteiger partial charge in [0.05, 0.1) is 17.7 Å². The molecule has 0 saturated heterocycles. The number of rotatable bonds is 4. The van der Waals surface area contributed by atoms with Gasteiger partial charge in [0, 0.05) is 0 Å². The molecule has 0 aliphatic heterocycles. The average molecular weight is 295 g/mol. The summed E-state index contributed by atoms with van der Waals surface area (Å²) >= 11 is 0. The monoisotopic (exact) mass is 295 g/mol. The second-order valence-corrected chi connectivity index (χ2v) is 5.95. The molecule has 0 saturated carbocycles. The van der Waals surface area contributed by atoms with Gasteiger partial charge in [-0.05, 0) is 48.9 Å². The molecule has 6 heteroatoms. The van der Waals surface area contributed by atoms with Crippen LogP contribution in [-0.4, -0.2) is 15.5 Å². The van der Waals surface area contributed by atoms with Crippen molar-refractivity contribution in [2.75, 3.05) is 11.8 Å². The van der Waals surface area contributed by atoms with Crippen molar-refractivity contribution in [2.45, 2.75) is 11.8 Å². The van der Waals surface area contributed by atoms with Crippen molar-refractivity contribution < 1.29 is 17.5 Å². The molecule has 0 bridgehead atoms. The molecule has 0 aromatic heterocycles. The van der Waals surface area contributed by atoms with Crippen LogP contribution >= 0.6 is 0 Å². The molecule has 0 radical (unpaired) electrons. The fourth-order valence-corrected chi connectivity index (χ4v) is 2.73. The summed E-state index contributed by atoms with van der Waals surface area (Å²) in [4.78, 5) is 0.0409. The summed E-state index contributed by atoms with van der Waals surface area (Å²) in [5.74, 6) is -0.0710. The summed E-state index contributed by atoms with van der Waals surface area (Å²) < 4.78 is 45.1. The fourth-order valence-electron chi connectivity index (χ4n) is 1.68. The summed E-state index contributed by atoms with van der Waals surface area (Å²) in [6.07, 6.45) is 0. The molecule has 1 N–H and O–H groups in total. The molecular formula is C14H14FNO3S. The lowest BCUT2D eigenvalue weighted by Crippen LogP contribution is -2.14. The number of benzene rings is 2. The Bertz CT molecular complexity index is 712. The van der Waals surface area contributed by atoms with E-state index in [0.717, 1.165) is 5.56 Å². The van der Waals surface area contributed by atoms with Crippen LogP contribution in [0.25, 0.3) is 0 Å². The highest BCUT2D eigenvalue weighted by Crippen LogP contribution is 2.21. The molecule has 20 heavy (non-hydrogen) atoms. The van der Waals surface area contributed by atoms with E-state index in [9.17, 15) is 12.8 Å². The quantitative estimate of drug-likeness (QED) is 0.943. The van der Waals surface area contributed by atoms with Gasteiger partial charge in [-0.1, -0.05) is 6.07 Å². The zero-order valence-corrected chi connectivity index (χ0v) is 11.9. The van der Waals surface area contributed by atoms with Crippen LogP contribution in [0.4, 0.5) is 10.1 Å². The summed E-state index contributed by atoms with van der Waals surface area (Å²) in [5.41, 5.74) is 0.694. The molecule has 2 rings (SSSR count). The maximum absolute atomic E-state index is 13.6. The topological polar surface area (TPSA) is 55.4 Å². The van der Waals surface area contributed by atoms with Gasteiger partial charge in [-0.25, -0.2) is 12.8 Å². The van der Waals surface area contributed by atoms with Gasteiger partial charge in [0.15, 0.2) is 0 Å². The maximum Gasteiger partial charge on any atom is 0.261 e. The number of nitrogens with one attached hydrogen (secondary N) is 1. The lowest BCUT2D eigenvalue weighted by Gasteiger charge is -2.10. The maximum atomic E-state index is 13.6. The minimum Gasteiger partial charge on any atom is -0.497 e. The molecular weight excluding hydrogens is 281 g/mol. The third-order valence-electron chi connectivity index (χ3n) is 2.74. The molecule has 0 aliphatic rings. The van der Waals surface area contributed by atoms with E-state index >= 15 is 0 Å². The van der Waals surface area contributed by atoms with Gasteiger partial charge in [-0.15, -0.1) is 0 Å². The molecule has 0 unspecified atom stereocenters. The molecule has 0 amide bonds. The number of methoxy groups -OCH3 is 1. The van der Waals surface area contributed by atoms with Crippen molar-refractivity contribution in [1.29, 1.82) is 0 Å². The lowest BCUT2D eigenvalue weighted by atomic mass is 10.2. The van der Waals surface area contributed by atoms with E-state index in [4.69, 9.17) is 4.74 Å². The number of hydrogen-bond donors (Lipinski definition) is 1. The van der Waals surface area contributed by atoms with Crippen molar-refractivity contribution in [1.82, 2.24) is 0 Å². The summed E-state index contributed by atoms with van der Waals surface area (Å²) in [6, 6.07) is 10.1. The van der Waals surface area contributed by atoms with Crippen molar-refractivity contribution in [3.8, 4) is 5.75 Å². The molecule has 106 valence electrons. The number of aryl methyl sites for hydroxylation is 1. The zero-order valence-electron chi connectivity index (χ0n) is 11.1. The fraction of sp³-hybridized carbons (Fsp3) is 0.143. The van der Waals surface area contributed by atoms with E-state index < -0.39 is 15.8 Å². The van der Waals surface area contributed by atoms with Crippen molar-refractivity contribution >= 4 is 15.7 Å². The van der Waals surface area contributed by atoms with E-state index in [-0.39, 0.29) is 10.6 Å². The third kappa shape index (κ3) is 3.08. The predicted molar refractivity (Wildman–Crippen MR) is 74.9 cm³/mol. The van der Waals surface area contributed by atoms with Crippen LogP contribution in [-0.2, 0) is 10.0 Å². The van der Waals surface area contributed by atoms with Gasteiger partial charge in [0.25, 0.3) is 10.0 Å². The Morgan fingerprint density at radius 2 is 1.75 bits per heavy atom. The molecule has 0 heterocycles. The standard InChI is InChI=1S/C14H14FNO3S/c1-10-3-8-13(15)14(9-10)16-20(17,18)12-6-4-11(19-2)5-7-12/h3-9,16H,1-2H3. The van der Waals surface area contributed by atoms with Gasteiger partial charge in [-0.3, -0.25) is 4.72 Å². The Hall–Kier alpha value is -2.08. The Morgan fingerprint density at radius 1 is 1.10 bits per heavy atom. The summed E-state index contributed by atoms with van der Waals surface area (Å²) in [5, 5.41) is 0. The van der Waals surface area contributed by atoms with Crippen molar-refractivity contribution in [3.05, 3.63) is 53.8 Å². The number of hydrogen-bond acceptors (Lipinski definition) is 3. The number of anilines is 1. The smallest absolute Gasteiger partial charge is 0.261 e. The minimum absolute atomic E-state index is 0.0409. The average Bonchev–Trinajstić information content (AvgIpc) is 2.43. The highest BCUT2D eigenvalue weighted by Gasteiger charge is 2.16. The van der Waals surface area contributed by atoms with Crippen LogP contribution in [0.15, 0.2) is 47.4 Å². The van der Waals surface area contributed by atoms with Gasteiger partial charge >= 0.3 is 0 Å². The highest BCUT2D eigenvalue weighted by atomic mass is 32.2. The first-order valence-corrected chi connectivity index (χ1v) is 7.34. The highest BCUT2D eigenvalue weighted by molar-refractivity contribution is 7.92. The summed E-state index contributed by atoms with van der Waals surface area (Å²) in [7, 11) is -2.33. The molecule has 4 nitrogen and oxygen atoms in total. The first kappa shape index (κ1) is 14.3. The zero-order chi connectivity index (χ0) is 14.8. The Morgan fingerprint density at radius 3 is 2.35 bits per heavy atom. The third-order valence-corrected chi connectivity index (χ3v) is 4.12. The molecule has 0 atom stereocenters. The second-order valence-electron chi connectivity index (χ2n) is 4.26. The first-order chi connectivity index (χ1) is 9.42. The second kappa shape index (κ2) is 5.50. The molecule has 2 aromatic rings. The van der Waals surface area contributed by atoms with Crippen LogP contribution in [0.1, 0.15) is 5.56 Å². The van der Waals surface area contributed by atoms with Crippen LogP contribution in [0.5, 0.6) is 5.75 Å². The van der Waals surface area contributed by atoms with Crippen molar-refractivity contribution in [2.24, 2.45) is 0 Å². The van der Waals surface area contributed by atoms with E-state index in [0.29, 0.717) is 5.75 Å². The van der Waals surface area contributed by atoms with E-state index in [2.05, 4.69) is 4.72 Å². The number of sulfonamides is 1. The Balaban J connectivity index is 2.32. The van der Waals surface area contributed by atoms with Gasteiger partial charge in [-0.2, -0.15) is 0 Å². The van der Waals surface area contributed by atoms with E-state index in [1.807, 2.05) is 0 Å². The van der Waals surface area contributed by atoms with E-state index in [1.165, 1.54) is 43.5 Å². The molecule has 0 spiro atoms. The van der Waals surface area contributed by atoms with Crippen LogP contribution < -0.4 is 9.46 Å². The van der Waals surface area contributed by atoms with Crippen LogP contribution in [0, 0.1) is 12.7 Å². The lowest BCUT2D eigenvalue weighted by molar-refractivity contribution is 0.414. The van der Waals surface area contributed by atoms with Gasteiger partial charge in [0.2, 0.25) is 0 Å².